The molecule has 1 rings (SSSR count). The third kappa shape index (κ3) is 2.19. The SMILES string of the molecule is COC(C)C(C)(CN)N1CCCC1(C)C. The highest BCUT2D eigenvalue weighted by molar-refractivity contribution is 5.02. The van der Waals surface area contributed by atoms with E-state index < -0.39 is 0 Å². The van der Waals surface area contributed by atoms with Crippen LogP contribution in [0.3, 0.4) is 0 Å². The lowest BCUT2D eigenvalue weighted by Crippen LogP contribution is -2.63. The molecule has 1 aliphatic rings. The topological polar surface area (TPSA) is 38.5 Å². The molecule has 90 valence electrons. The number of ether oxygens (including phenoxy) is 1. The van der Waals surface area contributed by atoms with Crippen molar-refractivity contribution >= 4 is 0 Å². The van der Waals surface area contributed by atoms with E-state index >= 15 is 0 Å². The Kier molecular flexibility index (Phi) is 3.80. The first-order valence-corrected chi connectivity index (χ1v) is 5.89. The highest BCUT2D eigenvalue weighted by Crippen LogP contribution is 2.36. The summed E-state index contributed by atoms with van der Waals surface area (Å²) in [5.41, 5.74) is 6.17. The zero-order valence-electron chi connectivity index (χ0n) is 10.8. The molecule has 0 amide bonds. The van der Waals surface area contributed by atoms with Gasteiger partial charge >= 0.3 is 0 Å². The summed E-state index contributed by atoms with van der Waals surface area (Å²) in [6.07, 6.45) is 2.68. The highest BCUT2D eigenvalue weighted by atomic mass is 16.5. The van der Waals surface area contributed by atoms with E-state index in [9.17, 15) is 0 Å². The summed E-state index contributed by atoms with van der Waals surface area (Å²) in [5, 5.41) is 0. The zero-order valence-corrected chi connectivity index (χ0v) is 10.8. The predicted octanol–water partition coefficient (Wildman–Crippen LogP) is 1.61. The van der Waals surface area contributed by atoms with Crippen LogP contribution < -0.4 is 5.73 Å². The van der Waals surface area contributed by atoms with Crippen molar-refractivity contribution in [1.29, 1.82) is 0 Å². The van der Waals surface area contributed by atoms with Gasteiger partial charge in [0.05, 0.1) is 11.6 Å². The van der Waals surface area contributed by atoms with Crippen molar-refractivity contribution in [1.82, 2.24) is 4.90 Å². The van der Waals surface area contributed by atoms with Gasteiger partial charge in [-0.2, -0.15) is 0 Å². The molecule has 2 atom stereocenters. The summed E-state index contributed by atoms with van der Waals surface area (Å²) in [7, 11) is 1.77. The van der Waals surface area contributed by atoms with Gasteiger partial charge in [0.1, 0.15) is 0 Å². The lowest BCUT2D eigenvalue weighted by Gasteiger charge is -2.48. The molecule has 0 radical (unpaired) electrons. The first-order valence-electron chi connectivity index (χ1n) is 5.89. The molecule has 0 aromatic heterocycles. The molecule has 1 saturated heterocycles. The fourth-order valence-electron chi connectivity index (χ4n) is 2.80. The number of likely N-dealkylation sites (tertiary alicyclic amines) is 1. The standard InChI is InChI=1S/C12H26N2O/c1-10(15-5)12(4,9-13)14-8-6-7-11(14,2)3/h10H,6-9,13H2,1-5H3. The number of methoxy groups -OCH3 is 1. The summed E-state index contributed by atoms with van der Waals surface area (Å²) in [5.74, 6) is 0. The smallest absolute Gasteiger partial charge is 0.0736 e. The molecule has 0 saturated carbocycles. The van der Waals surface area contributed by atoms with Gasteiger partial charge in [-0.3, -0.25) is 4.90 Å². The normalized spacial score (nSPS) is 27.6. The molecule has 0 bridgehead atoms. The van der Waals surface area contributed by atoms with Gasteiger partial charge in [-0.15, -0.1) is 0 Å². The Balaban J connectivity index is 2.90. The second-order valence-electron chi connectivity index (χ2n) is 5.51. The van der Waals surface area contributed by atoms with Gasteiger partial charge in [-0.1, -0.05) is 0 Å². The summed E-state index contributed by atoms with van der Waals surface area (Å²) in [4.78, 5) is 2.52. The fourth-order valence-corrected chi connectivity index (χ4v) is 2.80. The van der Waals surface area contributed by atoms with Crippen molar-refractivity contribution in [2.75, 3.05) is 20.2 Å². The molecule has 15 heavy (non-hydrogen) atoms. The maximum atomic E-state index is 5.96. The molecule has 3 heteroatoms. The molecule has 0 aliphatic carbocycles. The van der Waals surface area contributed by atoms with Crippen LogP contribution in [0.25, 0.3) is 0 Å². The van der Waals surface area contributed by atoms with Gasteiger partial charge < -0.3 is 10.5 Å². The molecule has 0 aromatic rings. The van der Waals surface area contributed by atoms with Crippen molar-refractivity contribution < 1.29 is 4.74 Å². The number of nitrogens with two attached hydrogens (primary N) is 1. The van der Waals surface area contributed by atoms with Gasteiger partial charge in [0.25, 0.3) is 0 Å². The molecule has 2 N–H and O–H groups in total. The quantitative estimate of drug-likeness (QED) is 0.773. The average Bonchev–Trinajstić information content (AvgIpc) is 2.56. The molecule has 1 heterocycles. The molecule has 3 nitrogen and oxygen atoms in total. The lowest BCUT2D eigenvalue weighted by molar-refractivity contribution is -0.0568. The average molecular weight is 214 g/mol. The Bertz CT molecular complexity index is 218. The van der Waals surface area contributed by atoms with Crippen molar-refractivity contribution in [3.63, 3.8) is 0 Å². The molecular formula is C12H26N2O. The van der Waals surface area contributed by atoms with Crippen LogP contribution in [0.5, 0.6) is 0 Å². The Morgan fingerprint density at radius 2 is 2.13 bits per heavy atom. The van der Waals surface area contributed by atoms with Crippen LogP contribution in [0, 0.1) is 0 Å². The first-order chi connectivity index (χ1) is 6.88. The summed E-state index contributed by atoms with van der Waals surface area (Å²) in [6, 6.07) is 0. The summed E-state index contributed by atoms with van der Waals surface area (Å²) < 4.78 is 5.49. The second-order valence-corrected chi connectivity index (χ2v) is 5.51. The van der Waals surface area contributed by atoms with Gasteiger partial charge in [0, 0.05) is 19.2 Å². The van der Waals surface area contributed by atoms with Crippen LogP contribution >= 0.6 is 0 Å². The van der Waals surface area contributed by atoms with Crippen LogP contribution in [0.4, 0.5) is 0 Å². The predicted molar refractivity (Wildman–Crippen MR) is 63.9 cm³/mol. The monoisotopic (exact) mass is 214 g/mol. The number of hydrogen-bond donors (Lipinski definition) is 1. The minimum atomic E-state index is -0.0469. The van der Waals surface area contributed by atoms with Crippen molar-refractivity contribution in [2.45, 2.75) is 57.7 Å². The highest BCUT2D eigenvalue weighted by Gasteiger charge is 2.46. The van der Waals surface area contributed by atoms with Crippen LogP contribution in [-0.4, -0.2) is 42.3 Å². The maximum Gasteiger partial charge on any atom is 0.0736 e. The van der Waals surface area contributed by atoms with Crippen molar-refractivity contribution in [2.24, 2.45) is 5.73 Å². The van der Waals surface area contributed by atoms with Crippen LogP contribution in [0.15, 0.2) is 0 Å². The van der Waals surface area contributed by atoms with Crippen molar-refractivity contribution in [3.8, 4) is 0 Å². The third-order valence-electron chi connectivity index (χ3n) is 4.16. The Hall–Kier alpha value is -0.120. The van der Waals surface area contributed by atoms with Gasteiger partial charge in [-0.25, -0.2) is 0 Å². The zero-order chi connectivity index (χ0) is 11.7. The van der Waals surface area contributed by atoms with E-state index in [2.05, 4.69) is 32.6 Å². The Morgan fingerprint density at radius 1 is 1.53 bits per heavy atom. The minimum absolute atomic E-state index is 0.0469. The van der Waals surface area contributed by atoms with E-state index in [4.69, 9.17) is 10.5 Å². The van der Waals surface area contributed by atoms with Gasteiger partial charge in [0.2, 0.25) is 0 Å². The fraction of sp³-hybridized carbons (Fsp3) is 1.00. The Morgan fingerprint density at radius 3 is 2.47 bits per heavy atom. The van der Waals surface area contributed by atoms with E-state index in [0.717, 1.165) is 6.54 Å². The largest absolute Gasteiger partial charge is 0.380 e. The molecule has 1 fully saturated rings. The van der Waals surface area contributed by atoms with E-state index in [1.54, 1.807) is 7.11 Å². The minimum Gasteiger partial charge on any atom is -0.380 e. The lowest BCUT2D eigenvalue weighted by atomic mass is 9.89. The number of rotatable bonds is 4. The van der Waals surface area contributed by atoms with Gasteiger partial charge in [0.15, 0.2) is 0 Å². The molecule has 0 aromatic carbocycles. The maximum absolute atomic E-state index is 5.96. The third-order valence-corrected chi connectivity index (χ3v) is 4.16. The molecule has 2 unspecified atom stereocenters. The molecular weight excluding hydrogens is 188 g/mol. The first kappa shape index (κ1) is 12.9. The molecule has 0 spiro atoms. The van der Waals surface area contributed by atoms with Crippen LogP contribution in [0.1, 0.15) is 40.5 Å². The number of hydrogen-bond acceptors (Lipinski definition) is 3. The van der Waals surface area contributed by atoms with E-state index in [-0.39, 0.29) is 17.2 Å². The van der Waals surface area contributed by atoms with E-state index in [1.807, 2.05) is 0 Å². The second kappa shape index (κ2) is 4.40. The Labute approximate surface area is 94.0 Å². The van der Waals surface area contributed by atoms with Gasteiger partial charge in [-0.05, 0) is 47.1 Å². The van der Waals surface area contributed by atoms with E-state index in [0.29, 0.717) is 6.54 Å². The van der Waals surface area contributed by atoms with Crippen molar-refractivity contribution in [3.05, 3.63) is 0 Å². The van der Waals surface area contributed by atoms with E-state index in [1.165, 1.54) is 12.8 Å². The van der Waals surface area contributed by atoms with Crippen LogP contribution in [0.2, 0.25) is 0 Å². The number of nitrogens with zero attached hydrogens (tertiary/aromatic N) is 1. The molecule has 1 aliphatic heterocycles. The summed E-state index contributed by atoms with van der Waals surface area (Å²) in [6.45, 7) is 10.7. The van der Waals surface area contributed by atoms with Crippen LogP contribution in [-0.2, 0) is 4.74 Å². The summed E-state index contributed by atoms with van der Waals surface area (Å²) >= 11 is 0.